The molecule has 0 aromatic heterocycles. The van der Waals surface area contributed by atoms with E-state index in [0.29, 0.717) is 5.54 Å². The first-order valence-corrected chi connectivity index (χ1v) is 4.93. The van der Waals surface area contributed by atoms with E-state index in [0.717, 1.165) is 0 Å². The highest BCUT2D eigenvalue weighted by Gasteiger charge is 2.42. The second kappa shape index (κ2) is 2.60. The van der Waals surface area contributed by atoms with Crippen LogP contribution in [0.1, 0.15) is 19.3 Å². The number of piperidine rings is 1. The van der Waals surface area contributed by atoms with Crippen molar-refractivity contribution < 1.29 is 0 Å². The van der Waals surface area contributed by atoms with Crippen LogP contribution in [0.5, 0.6) is 0 Å². The summed E-state index contributed by atoms with van der Waals surface area (Å²) in [4.78, 5) is 0. The summed E-state index contributed by atoms with van der Waals surface area (Å²) in [6.45, 7) is 3.76. The SMILES string of the molecule is IN1CC2(CCCCN2)C1. The summed E-state index contributed by atoms with van der Waals surface area (Å²) in [5.41, 5.74) is 0.541. The molecule has 2 aliphatic heterocycles. The first-order chi connectivity index (χ1) is 4.81. The second-order valence-corrected chi connectivity index (χ2v) is 4.81. The Balaban J connectivity index is 1.90. The smallest absolute Gasteiger partial charge is 0.0453 e. The fourth-order valence-corrected chi connectivity index (χ4v) is 3.22. The Kier molecular flexibility index (Phi) is 1.90. The largest absolute Gasteiger partial charge is 0.309 e. The molecular formula is C7H13IN2. The third-order valence-electron chi connectivity index (χ3n) is 2.53. The molecule has 2 nitrogen and oxygen atoms in total. The van der Waals surface area contributed by atoms with E-state index in [2.05, 4.69) is 31.3 Å². The van der Waals surface area contributed by atoms with Crippen LogP contribution in [0.15, 0.2) is 0 Å². The van der Waals surface area contributed by atoms with Crippen molar-refractivity contribution in [2.24, 2.45) is 0 Å². The normalized spacial score (nSPS) is 32.1. The molecule has 1 spiro atoms. The molecule has 3 heteroatoms. The summed E-state index contributed by atoms with van der Waals surface area (Å²) < 4.78 is 2.36. The lowest BCUT2D eigenvalue weighted by Crippen LogP contribution is -2.67. The maximum absolute atomic E-state index is 3.62. The Bertz CT molecular complexity index is 116. The predicted octanol–water partition coefficient (Wildman–Crippen LogP) is 1.16. The van der Waals surface area contributed by atoms with Crippen LogP contribution >= 0.6 is 22.9 Å². The van der Waals surface area contributed by atoms with Crippen LogP contribution in [0, 0.1) is 0 Å². The van der Waals surface area contributed by atoms with Gasteiger partial charge in [0.05, 0.1) is 0 Å². The van der Waals surface area contributed by atoms with Crippen molar-refractivity contribution in [2.45, 2.75) is 24.8 Å². The van der Waals surface area contributed by atoms with Crippen molar-refractivity contribution in [2.75, 3.05) is 19.6 Å². The van der Waals surface area contributed by atoms with Crippen LogP contribution in [0.4, 0.5) is 0 Å². The number of nitrogens with one attached hydrogen (secondary N) is 1. The third-order valence-corrected chi connectivity index (χ3v) is 3.21. The molecule has 0 amide bonds. The molecule has 0 aromatic rings. The molecule has 2 saturated heterocycles. The minimum Gasteiger partial charge on any atom is -0.309 e. The molecule has 10 heavy (non-hydrogen) atoms. The van der Waals surface area contributed by atoms with Gasteiger partial charge in [-0.15, -0.1) is 0 Å². The van der Waals surface area contributed by atoms with E-state index in [1.165, 1.54) is 38.9 Å². The Morgan fingerprint density at radius 2 is 2.10 bits per heavy atom. The molecule has 2 fully saturated rings. The first kappa shape index (κ1) is 7.31. The van der Waals surface area contributed by atoms with Gasteiger partial charge in [-0.1, -0.05) is 6.42 Å². The van der Waals surface area contributed by atoms with Gasteiger partial charge in [0.25, 0.3) is 0 Å². The van der Waals surface area contributed by atoms with Gasteiger partial charge in [0.2, 0.25) is 0 Å². The number of halogens is 1. The molecule has 2 heterocycles. The number of rotatable bonds is 0. The van der Waals surface area contributed by atoms with Crippen molar-refractivity contribution >= 4 is 22.9 Å². The third kappa shape index (κ3) is 1.19. The summed E-state index contributed by atoms with van der Waals surface area (Å²) in [5.74, 6) is 0. The second-order valence-electron chi connectivity index (χ2n) is 3.44. The van der Waals surface area contributed by atoms with E-state index in [1.54, 1.807) is 0 Å². The highest BCUT2D eigenvalue weighted by atomic mass is 127. The first-order valence-electron chi connectivity index (χ1n) is 3.97. The van der Waals surface area contributed by atoms with Crippen LogP contribution < -0.4 is 5.32 Å². The summed E-state index contributed by atoms with van der Waals surface area (Å²) in [7, 11) is 0. The summed E-state index contributed by atoms with van der Waals surface area (Å²) in [6.07, 6.45) is 4.20. The molecule has 0 bridgehead atoms. The van der Waals surface area contributed by atoms with Gasteiger partial charge in [-0.05, 0) is 19.4 Å². The van der Waals surface area contributed by atoms with E-state index in [-0.39, 0.29) is 0 Å². The van der Waals surface area contributed by atoms with E-state index >= 15 is 0 Å². The van der Waals surface area contributed by atoms with E-state index in [4.69, 9.17) is 0 Å². The Morgan fingerprint density at radius 3 is 2.60 bits per heavy atom. The summed E-state index contributed by atoms with van der Waals surface area (Å²) >= 11 is 2.40. The van der Waals surface area contributed by atoms with Crippen molar-refractivity contribution in [1.29, 1.82) is 0 Å². The minimum atomic E-state index is 0.541. The molecular weight excluding hydrogens is 239 g/mol. The van der Waals surface area contributed by atoms with Gasteiger partial charge in [-0.25, -0.2) is 3.11 Å². The summed E-state index contributed by atoms with van der Waals surface area (Å²) in [5, 5.41) is 3.62. The molecule has 0 aliphatic carbocycles. The van der Waals surface area contributed by atoms with Gasteiger partial charge < -0.3 is 5.32 Å². The van der Waals surface area contributed by atoms with Crippen LogP contribution in [0.2, 0.25) is 0 Å². The van der Waals surface area contributed by atoms with Crippen LogP contribution in [0.3, 0.4) is 0 Å². The van der Waals surface area contributed by atoms with E-state index in [9.17, 15) is 0 Å². The summed E-state index contributed by atoms with van der Waals surface area (Å²) in [6, 6.07) is 0. The number of hydrogen-bond donors (Lipinski definition) is 1. The monoisotopic (exact) mass is 252 g/mol. The highest BCUT2D eigenvalue weighted by Crippen LogP contribution is 2.31. The quantitative estimate of drug-likeness (QED) is 0.514. The molecule has 1 N–H and O–H groups in total. The maximum atomic E-state index is 3.62. The van der Waals surface area contributed by atoms with Crippen LogP contribution in [-0.2, 0) is 0 Å². The maximum Gasteiger partial charge on any atom is 0.0453 e. The van der Waals surface area contributed by atoms with Gasteiger partial charge in [0.1, 0.15) is 0 Å². The minimum absolute atomic E-state index is 0.541. The molecule has 58 valence electrons. The van der Waals surface area contributed by atoms with Gasteiger partial charge in [0, 0.05) is 41.5 Å². The number of hydrogen-bond acceptors (Lipinski definition) is 2. The lowest BCUT2D eigenvalue weighted by atomic mass is 9.84. The molecule has 0 unspecified atom stereocenters. The average Bonchev–Trinajstić information content (AvgIpc) is 1.87. The Hall–Kier alpha value is 0.650. The molecule has 2 rings (SSSR count). The van der Waals surface area contributed by atoms with E-state index in [1.807, 2.05) is 0 Å². The topological polar surface area (TPSA) is 15.3 Å². The zero-order valence-corrected chi connectivity index (χ0v) is 8.23. The van der Waals surface area contributed by atoms with Gasteiger partial charge in [-0.3, -0.25) is 0 Å². The Morgan fingerprint density at radius 1 is 1.30 bits per heavy atom. The molecule has 0 aromatic carbocycles. The standard InChI is InChI=1S/C7H13IN2/c8-10-5-7(6-10)3-1-2-4-9-7/h9H,1-6H2. The molecule has 0 atom stereocenters. The van der Waals surface area contributed by atoms with Gasteiger partial charge in [0.15, 0.2) is 0 Å². The van der Waals surface area contributed by atoms with Crippen molar-refractivity contribution in [3.8, 4) is 0 Å². The van der Waals surface area contributed by atoms with Crippen molar-refractivity contribution in [3.63, 3.8) is 0 Å². The molecule has 2 aliphatic rings. The highest BCUT2D eigenvalue weighted by molar-refractivity contribution is 14.1. The lowest BCUT2D eigenvalue weighted by Gasteiger charge is -2.50. The lowest BCUT2D eigenvalue weighted by molar-refractivity contribution is 0.110. The van der Waals surface area contributed by atoms with E-state index < -0.39 is 0 Å². The van der Waals surface area contributed by atoms with Gasteiger partial charge >= 0.3 is 0 Å². The molecule has 0 saturated carbocycles. The predicted molar refractivity (Wildman–Crippen MR) is 50.2 cm³/mol. The Labute approximate surface area is 75.8 Å². The van der Waals surface area contributed by atoms with Crippen LogP contribution in [0.25, 0.3) is 0 Å². The van der Waals surface area contributed by atoms with Gasteiger partial charge in [-0.2, -0.15) is 0 Å². The molecule has 0 radical (unpaired) electrons. The van der Waals surface area contributed by atoms with Crippen LogP contribution in [-0.4, -0.2) is 28.3 Å². The zero-order chi connectivity index (χ0) is 7.03. The van der Waals surface area contributed by atoms with Crippen molar-refractivity contribution in [3.05, 3.63) is 0 Å². The zero-order valence-electron chi connectivity index (χ0n) is 6.07. The fraction of sp³-hybridized carbons (Fsp3) is 1.00. The number of nitrogens with zero attached hydrogens (tertiary/aromatic N) is 1. The average molecular weight is 252 g/mol. The van der Waals surface area contributed by atoms with Crippen molar-refractivity contribution in [1.82, 2.24) is 8.43 Å². The fourth-order valence-electron chi connectivity index (χ4n) is 1.91.